The van der Waals surface area contributed by atoms with Gasteiger partial charge in [0.15, 0.2) is 0 Å². The average molecular weight is 294 g/mol. The van der Waals surface area contributed by atoms with Gasteiger partial charge in [-0.1, -0.05) is 6.07 Å². The lowest BCUT2D eigenvalue weighted by Gasteiger charge is -2.23. The summed E-state index contributed by atoms with van der Waals surface area (Å²) in [6.07, 6.45) is 2.40. The fourth-order valence-electron chi connectivity index (χ4n) is 2.27. The van der Waals surface area contributed by atoms with Crippen molar-refractivity contribution in [2.75, 3.05) is 24.7 Å². The smallest absolute Gasteiger partial charge is 0.319 e. The molecule has 1 aromatic rings. The van der Waals surface area contributed by atoms with Crippen LogP contribution < -0.4 is 15.4 Å². The number of carbonyl (C=O) groups is 1. The zero-order valence-electron chi connectivity index (χ0n) is 12.3. The van der Waals surface area contributed by atoms with Crippen molar-refractivity contribution in [2.45, 2.75) is 31.4 Å². The van der Waals surface area contributed by atoms with E-state index in [4.69, 9.17) is 4.74 Å². The first-order valence-electron chi connectivity index (χ1n) is 6.86. The van der Waals surface area contributed by atoms with Gasteiger partial charge in [0.05, 0.1) is 7.11 Å². The lowest BCUT2D eigenvalue weighted by molar-refractivity contribution is 0.251. The van der Waals surface area contributed by atoms with Crippen LogP contribution in [0.4, 0.5) is 10.5 Å². The number of amides is 2. The summed E-state index contributed by atoms with van der Waals surface area (Å²) in [5, 5.41) is 5.85. The Labute approximate surface area is 124 Å². The van der Waals surface area contributed by atoms with E-state index in [1.807, 2.05) is 36.9 Å². The number of urea groups is 1. The highest BCUT2D eigenvalue weighted by atomic mass is 32.2. The second-order valence-corrected chi connectivity index (χ2v) is 7.07. The summed E-state index contributed by atoms with van der Waals surface area (Å²) in [6, 6.07) is 5.49. The number of rotatable bonds is 4. The Morgan fingerprint density at radius 3 is 2.95 bits per heavy atom. The summed E-state index contributed by atoms with van der Waals surface area (Å²) in [7, 11) is 1.62. The maximum Gasteiger partial charge on any atom is 0.319 e. The molecule has 110 valence electrons. The highest BCUT2D eigenvalue weighted by Crippen LogP contribution is 2.36. The largest absolute Gasteiger partial charge is 0.497 e. The number of anilines is 1. The van der Waals surface area contributed by atoms with E-state index in [0.717, 1.165) is 23.4 Å². The molecule has 0 unspecified atom stereocenters. The molecule has 1 aromatic carbocycles. The first kappa shape index (κ1) is 15.0. The molecule has 5 heteroatoms. The van der Waals surface area contributed by atoms with Crippen molar-refractivity contribution >= 4 is 23.5 Å². The van der Waals surface area contributed by atoms with Gasteiger partial charge in [0.25, 0.3) is 0 Å². The molecule has 1 fully saturated rings. The molecule has 0 saturated carbocycles. The zero-order chi connectivity index (χ0) is 14.6. The summed E-state index contributed by atoms with van der Waals surface area (Å²) < 4.78 is 5.35. The third-order valence-corrected chi connectivity index (χ3v) is 5.15. The summed E-state index contributed by atoms with van der Waals surface area (Å²) in [4.78, 5) is 12.0. The molecular weight excluding hydrogens is 272 g/mol. The Bertz CT molecular complexity index is 485. The Morgan fingerprint density at radius 1 is 1.50 bits per heavy atom. The Hall–Kier alpha value is -1.36. The number of methoxy groups -OCH3 is 1. The zero-order valence-corrected chi connectivity index (χ0v) is 13.1. The van der Waals surface area contributed by atoms with E-state index in [9.17, 15) is 4.79 Å². The molecule has 0 spiro atoms. The first-order valence-corrected chi connectivity index (χ1v) is 7.84. The van der Waals surface area contributed by atoms with Crippen LogP contribution in [0.1, 0.15) is 25.3 Å². The standard InChI is InChI=1S/C15H22N2O2S/c1-11-5-6-12(19-3)9-13(11)17-14(18)16-10-15(2)7-4-8-20-15/h5-6,9H,4,7-8,10H2,1-3H3,(H2,16,17,18)/t15-/m1/s1. The minimum atomic E-state index is -0.157. The number of benzene rings is 1. The lowest BCUT2D eigenvalue weighted by Crippen LogP contribution is -2.39. The molecule has 2 N–H and O–H groups in total. The van der Waals surface area contributed by atoms with E-state index >= 15 is 0 Å². The van der Waals surface area contributed by atoms with Gasteiger partial charge in [0, 0.05) is 23.0 Å². The molecule has 1 aliphatic rings. The summed E-state index contributed by atoms with van der Waals surface area (Å²) in [5.74, 6) is 1.93. The third-order valence-electron chi connectivity index (χ3n) is 3.62. The second-order valence-electron chi connectivity index (χ2n) is 5.39. The predicted octanol–water partition coefficient (Wildman–Crippen LogP) is 3.41. The van der Waals surface area contributed by atoms with Gasteiger partial charge in [-0.05, 0) is 44.1 Å². The van der Waals surface area contributed by atoms with Crippen molar-refractivity contribution in [1.29, 1.82) is 0 Å². The molecule has 1 atom stereocenters. The van der Waals surface area contributed by atoms with Crippen molar-refractivity contribution in [3.8, 4) is 5.75 Å². The molecule has 0 radical (unpaired) electrons. The van der Waals surface area contributed by atoms with E-state index in [-0.39, 0.29) is 10.8 Å². The monoisotopic (exact) mass is 294 g/mol. The van der Waals surface area contributed by atoms with Gasteiger partial charge in [-0.15, -0.1) is 0 Å². The number of nitrogens with one attached hydrogen (secondary N) is 2. The molecule has 2 amide bonds. The normalized spacial score (nSPS) is 21.6. The maximum atomic E-state index is 12.0. The predicted molar refractivity (Wildman–Crippen MR) is 84.8 cm³/mol. The molecule has 0 aliphatic carbocycles. The van der Waals surface area contributed by atoms with Crippen molar-refractivity contribution in [3.63, 3.8) is 0 Å². The fourth-order valence-corrected chi connectivity index (χ4v) is 3.52. The van der Waals surface area contributed by atoms with E-state index in [2.05, 4.69) is 17.6 Å². The van der Waals surface area contributed by atoms with E-state index in [0.29, 0.717) is 6.54 Å². The van der Waals surface area contributed by atoms with Crippen LogP contribution >= 0.6 is 11.8 Å². The van der Waals surface area contributed by atoms with Gasteiger partial charge in [-0.3, -0.25) is 0 Å². The topological polar surface area (TPSA) is 50.4 Å². The van der Waals surface area contributed by atoms with E-state index in [1.165, 1.54) is 12.2 Å². The minimum absolute atomic E-state index is 0.157. The number of ether oxygens (including phenoxy) is 1. The first-order chi connectivity index (χ1) is 9.52. The highest BCUT2D eigenvalue weighted by molar-refractivity contribution is 8.00. The molecule has 2 rings (SSSR count). The molecule has 1 saturated heterocycles. The number of carbonyl (C=O) groups excluding carboxylic acids is 1. The van der Waals surface area contributed by atoms with Crippen LogP contribution in [0.2, 0.25) is 0 Å². The van der Waals surface area contributed by atoms with Gasteiger partial charge in [-0.2, -0.15) is 11.8 Å². The molecule has 20 heavy (non-hydrogen) atoms. The van der Waals surface area contributed by atoms with Crippen LogP contribution in [0.5, 0.6) is 5.75 Å². The number of hydrogen-bond acceptors (Lipinski definition) is 3. The van der Waals surface area contributed by atoms with Crippen molar-refractivity contribution in [2.24, 2.45) is 0 Å². The highest BCUT2D eigenvalue weighted by Gasteiger charge is 2.29. The molecule has 4 nitrogen and oxygen atoms in total. The molecule has 0 aromatic heterocycles. The average Bonchev–Trinajstić information content (AvgIpc) is 2.86. The molecular formula is C15H22N2O2S. The summed E-state index contributed by atoms with van der Waals surface area (Å²) in [6.45, 7) is 4.87. The van der Waals surface area contributed by atoms with Crippen LogP contribution in [0, 0.1) is 6.92 Å². The Kier molecular flexibility index (Phi) is 4.81. The molecule has 1 aliphatic heterocycles. The van der Waals surface area contributed by atoms with Crippen molar-refractivity contribution in [1.82, 2.24) is 5.32 Å². The van der Waals surface area contributed by atoms with Crippen LogP contribution in [0.3, 0.4) is 0 Å². The summed E-state index contributed by atoms with van der Waals surface area (Å²) in [5.41, 5.74) is 1.80. The quantitative estimate of drug-likeness (QED) is 0.894. The fraction of sp³-hybridized carbons (Fsp3) is 0.533. The Morgan fingerprint density at radius 2 is 2.30 bits per heavy atom. The maximum absolute atomic E-state index is 12.0. The van der Waals surface area contributed by atoms with E-state index in [1.54, 1.807) is 7.11 Å². The molecule has 1 heterocycles. The van der Waals surface area contributed by atoms with Gasteiger partial charge in [0.2, 0.25) is 0 Å². The lowest BCUT2D eigenvalue weighted by atomic mass is 10.1. The number of aryl methyl sites for hydroxylation is 1. The third kappa shape index (κ3) is 3.82. The van der Waals surface area contributed by atoms with Crippen LogP contribution in [-0.4, -0.2) is 30.2 Å². The van der Waals surface area contributed by atoms with Crippen LogP contribution in [0.25, 0.3) is 0 Å². The van der Waals surface area contributed by atoms with Crippen molar-refractivity contribution in [3.05, 3.63) is 23.8 Å². The van der Waals surface area contributed by atoms with Crippen LogP contribution in [-0.2, 0) is 0 Å². The van der Waals surface area contributed by atoms with Gasteiger partial charge in [-0.25, -0.2) is 4.79 Å². The molecule has 0 bridgehead atoms. The summed E-state index contributed by atoms with van der Waals surface area (Å²) >= 11 is 1.94. The SMILES string of the molecule is COc1ccc(C)c(NC(=O)NC[C@@]2(C)CCCS2)c1. The number of hydrogen-bond donors (Lipinski definition) is 2. The van der Waals surface area contributed by atoms with Crippen molar-refractivity contribution < 1.29 is 9.53 Å². The van der Waals surface area contributed by atoms with Crippen LogP contribution in [0.15, 0.2) is 18.2 Å². The Balaban J connectivity index is 1.91. The minimum Gasteiger partial charge on any atom is -0.497 e. The second kappa shape index (κ2) is 6.39. The van der Waals surface area contributed by atoms with E-state index < -0.39 is 0 Å². The van der Waals surface area contributed by atoms with Gasteiger partial charge in [0.1, 0.15) is 5.75 Å². The number of thioether (sulfide) groups is 1. The van der Waals surface area contributed by atoms with Gasteiger partial charge >= 0.3 is 6.03 Å². The van der Waals surface area contributed by atoms with Gasteiger partial charge < -0.3 is 15.4 Å².